The number of aromatic nitrogens is 3. The van der Waals surface area contributed by atoms with Gasteiger partial charge in [0, 0.05) is 24.3 Å². The molecule has 3 heterocycles. The van der Waals surface area contributed by atoms with Crippen molar-refractivity contribution in [3.05, 3.63) is 52.9 Å². The highest BCUT2D eigenvalue weighted by molar-refractivity contribution is 5.79. The molecule has 3 aliphatic rings. The number of aldehydes is 1. The van der Waals surface area contributed by atoms with Gasteiger partial charge in [0.15, 0.2) is 6.10 Å². The molecule has 334 valence electrons. The molecule has 2 aliphatic heterocycles. The number of rotatable bonds is 22. The zero-order valence-corrected chi connectivity index (χ0v) is 36.0. The Morgan fingerprint density at radius 3 is 2.47 bits per heavy atom. The van der Waals surface area contributed by atoms with E-state index in [4.69, 9.17) is 23.7 Å². The highest BCUT2D eigenvalue weighted by Crippen LogP contribution is 2.31. The van der Waals surface area contributed by atoms with E-state index in [1.807, 2.05) is 46.2 Å². The second-order valence-electron chi connectivity index (χ2n) is 15.9. The van der Waals surface area contributed by atoms with Crippen LogP contribution in [0.2, 0.25) is 0 Å². The number of allylic oxidation sites excluding steroid dienone is 1. The number of ether oxygens (including phenoxy) is 5. The second-order valence-corrected chi connectivity index (χ2v) is 15.9. The van der Waals surface area contributed by atoms with E-state index < -0.39 is 12.1 Å². The lowest BCUT2D eigenvalue weighted by Gasteiger charge is -2.35. The predicted octanol–water partition coefficient (Wildman–Crippen LogP) is 4.46. The number of hydrogen-bond acceptors (Lipinski definition) is 12. The molecule has 0 bridgehead atoms. The van der Waals surface area contributed by atoms with E-state index in [9.17, 15) is 24.3 Å². The number of aryl methyl sites for hydroxylation is 2. The lowest BCUT2D eigenvalue weighted by atomic mass is 9.87. The molecular weight excluding hydrogens is 773 g/mol. The number of carbonyl (C=O) groups excluding carboxylic acids is 3. The minimum absolute atomic E-state index is 0.0132. The summed E-state index contributed by atoms with van der Waals surface area (Å²) < 4.78 is 30.0. The molecule has 4 N–H and O–H groups in total. The van der Waals surface area contributed by atoms with Crippen LogP contribution in [-0.2, 0) is 39.9 Å². The van der Waals surface area contributed by atoms with Gasteiger partial charge in [-0.25, -0.2) is 9.48 Å². The van der Waals surface area contributed by atoms with Crippen molar-refractivity contribution in [2.24, 2.45) is 5.92 Å². The number of nitrogens with zero attached hydrogens (tertiary/aromatic N) is 3. The number of carboxylic acid groups (broad SMARTS) is 1. The first kappa shape index (κ1) is 48.4. The third-order valence-electron chi connectivity index (χ3n) is 11.0. The fourth-order valence-electron chi connectivity index (χ4n) is 7.84. The van der Waals surface area contributed by atoms with Crippen LogP contribution in [0.25, 0.3) is 0 Å². The normalized spacial score (nSPS) is 21.4. The molecule has 60 heavy (non-hydrogen) atoms. The van der Waals surface area contributed by atoms with Crippen molar-refractivity contribution in [3.8, 4) is 5.75 Å². The summed E-state index contributed by atoms with van der Waals surface area (Å²) in [5, 5.41) is 26.8. The van der Waals surface area contributed by atoms with Crippen molar-refractivity contribution in [2.45, 2.75) is 128 Å². The topological polar surface area (TPSA) is 201 Å². The van der Waals surface area contributed by atoms with Crippen LogP contribution in [-0.4, -0.2) is 128 Å². The summed E-state index contributed by atoms with van der Waals surface area (Å²) >= 11 is 0. The minimum atomic E-state index is -0.939. The van der Waals surface area contributed by atoms with E-state index in [0.717, 1.165) is 74.1 Å². The number of nitrogens with one attached hydrogen (secondary N) is 3. The van der Waals surface area contributed by atoms with Crippen molar-refractivity contribution in [3.63, 3.8) is 0 Å². The molecule has 5 rings (SSSR count). The van der Waals surface area contributed by atoms with Crippen LogP contribution < -0.4 is 20.7 Å². The Balaban J connectivity index is 0.000000265. The summed E-state index contributed by atoms with van der Waals surface area (Å²) in [6.07, 6.45) is 15.8. The van der Waals surface area contributed by atoms with Gasteiger partial charge in [0.05, 0.1) is 62.8 Å². The number of carbonyl (C=O) groups is 4. The molecule has 16 nitrogen and oxygen atoms in total. The third-order valence-corrected chi connectivity index (χ3v) is 11.0. The Labute approximate surface area is 354 Å². The Hall–Kier alpha value is -4.22. The number of carboxylic acids is 1. The summed E-state index contributed by atoms with van der Waals surface area (Å²) in [5.74, 6) is 0.0105. The standard InChI is InChI=1S/C24H35NO6.C20H33N5O4/c1-4-5-8-29-16-22(25-24(27)21-7-6-9-28-15-21)17-30-10-11-31-23-18(2)12-20(14-26)13-19(23)3;1-21-11-5-8-17-15(9-10-18(29-17)20(27)28)22-19(26)13-25-12-16(23-24-25)14-6-3-2-4-7-14/h4-5,12-14,21-22H,6-11,15-17H2,1-3H3,(H,25,27);12,14-15,17-18,21H,2-11,13H2,1H3,(H,22,26)(H,27,28)/b5-4+;. The molecular formula is C44H68N6O10. The highest BCUT2D eigenvalue weighted by atomic mass is 16.5. The van der Waals surface area contributed by atoms with Crippen LogP contribution in [0, 0.1) is 19.8 Å². The van der Waals surface area contributed by atoms with E-state index in [-0.39, 0.29) is 42.5 Å². The van der Waals surface area contributed by atoms with Gasteiger partial charge in [0.1, 0.15) is 25.2 Å². The Bertz CT molecular complexity index is 1620. The number of benzene rings is 1. The predicted molar refractivity (Wildman–Crippen MR) is 225 cm³/mol. The lowest BCUT2D eigenvalue weighted by Crippen LogP contribution is -2.51. The first-order valence-electron chi connectivity index (χ1n) is 21.7. The van der Waals surface area contributed by atoms with Gasteiger partial charge in [-0.2, -0.15) is 0 Å². The molecule has 1 aromatic carbocycles. The van der Waals surface area contributed by atoms with Gasteiger partial charge in [0.25, 0.3) is 0 Å². The van der Waals surface area contributed by atoms with Gasteiger partial charge in [0.2, 0.25) is 11.8 Å². The number of hydrogen-bond donors (Lipinski definition) is 4. The summed E-state index contributed by atoms with van der Waals surface area (Å²) in [6, 6.07) is 3.18. The maximum atomic E-state index is 12.6. The van der Waals surface area contributed by atoms with Gasteiger partial charge < -0.3 is 44.7 Å². The molecule has 2 aromatic rings. The molecule has 2 amide bonds. The van der Waals surface area contributed by atoms with Crippen LogP contribution in [0.4, 0.5) is 0 Å². The van der Waals surface area contributed by atoms with Crippen molar-refractivity contribution < 1.29 is 48.0 Å². The molecule has 0 spiro atoms. The molecule has 2 saturated heterocycles. The Morgan fingerprint density at radius 2 is 1.78 bits per heavy atom. The van der Waals surface area contributed by atoms with E-state index >= 15 is 0 Å². The minimum Gasteiger partial charge on any atom is -0.491 e. The number of amides is 2. The zero-order valence-electron chi connectivity index (χ0n) is 36.0. The fraction of sp³-hybridized carbons (Fsp3) is 0.682. The van der Waals surface area contributed by atoms with Gasteiger partial charge in [-0.15, -0.1) is 5.10 Å². The first-order chi connectivity index (χ1) is 29.1. The molecule has 1 aliphatic carbocycles. The lowest BCUT2D eigenvalue weighted by molar-refractivity contribution is -0.162. The molecule has 5 unspecified atom stereocenters. The molecule has 1 saturated carbocycles. The molecule has 1 aromatic heterocycles. The third kappa shape index (κ3) is 16.7. The van der Waals surface area contributed by atoms with E-state index in [1.165, 1.54) is 19.3 Å². The summed E-state index contributed by atoms with van der Waals surface area (Å²) in [5.41, 5.74) is 3.45. The molecule has 3 fully saturated rings. The van der Waals surface area contributed by atoms with Gasteiger partial charge in [-0.3, -0.25) is 14.4 Å². The zero-order chi connectivity index (χ0) is 43.1. The SMILES string of the molecule is C/C=C/COCC(COCCOc1c(C)cc(C=O)cc1C)NC(=O)C1CCCOC1.CNCCCC1OC(C(=O)O)CCC1NC(=O)Cn1cc(C2CCCCC2)nn1. The van der Waals surface area contributed by atoms with Crippen LogP contribution in [0.5, 0.6) is 5.75 Å². The quantitative estimate of drug-likeness (QED) is 0.0737. The van der Waals surface area contributed by atoms with E-state index in [1.54, 1.807) is 16.8 Å². The van der Waals surface area contributed by atoms with Crippen LogP contribution in [0.15, 0.2) is 30.5 Å². The molecule has 5 atom stereocenters. The van der Waals surface area contributed by atoms with Gasteiger partial charge in [-0.05, 0) is 109 Å². The van der Waals surface area contributed by atoms with E-state index in [2.05, 4.69) is 26.3 Å². The van der Waals surface area contributed by atoms with E-state index in [0.29, 0.717) is 70.4 Å². The smallest absolute Gasteiger partial charge is 0.332 e. The van der Waals surface area contributed by atoms with Crippen molar-refractivity contribution in [2.75, 3.05) is 59.8 Å². The fourth-order valence-corrected chi connectivity index (χ4v) is 7.84. The van der Waals surface area contributed by atoms with Crippen molar-refractivity contribution >= 4 is 24.1 Å². The Kier molecular flexibility index (Phi) is 21.7. The highest BCUT2D eigenvalue weighted by Gasteiger charge is 2.35. The first-order valence-corrected chi connectivity index (χ1v) is 21.7. The van der Waals surface area contributed by atoms with Crippen LogP contribution in [0.1, 0.15) is 111 Å². The van der Waals surface area contributed by atoms with Crippen LogP contribution >= 0.6 is 0 Å². The maximum Gasteiger partial charge on any atom is 0.332 e. The summed E-state index contributed by atoms with van der Waals surface area (Å²) in [6.45, 7) is 9.84. The maximum absolute atomic E-state index is 12.6. The monoisotopic (exact) mass is 840 g/mol. The number of aliphatic carboxylic acids is 1. The van der Waals surface area contributed by atoms with Gasteiger partial charge >= 0.3 is 5.97 Å². The second kappa shape index (κ2) is 26.9. The summed E-state index contributed by atoms with van der Waals surface area (Å²) in [7, 11) is 1.88. The molecule has 0 radical (unpaired) electrons. The average Bonchev–Trinajstić information content (AvgIpc) is 3.72. The van der Waals surface area contributed by atoms with Crippen LogP contribution in [0.3, 0.4) is 0 Å². The van der Waals surface area contributed by atoms with Gasteiger partial charge in [-0.1, -0.05) is 36.6 Å². The molecule has 16 heteroatoms. The van der Waals surface area contributed by atoms with Crippen molar-refractivity contribution in [1.82, 2.24) is 30.9 Å². The largest absolute Gasteiger partial charge is 0.491 e. The average molecular weight is 841 g/mol. The summed E-state index contributed by atoms with van der Waals surface area (Å²) in [4.78, 5) is 47.4. The Morgan fingerprint density at radius 1 is 1.02 bits per heavy atom. The van der Waals surface area contributed by atoms with Crippen molar-refractivity contribution in [1.29, 1.82) is 0 Å².